The SMILES string of the molecule is C.Cc1cc(/C=C/C=O)cc(C)c1O.O=C/C=C/c1ccc(O)cc1. The number of rotatable bonds is 4. The fourth-order valence-corrected chi connectivity index (χ4v) is 1.97. The van der Waals surface area contributed by atoms with Crippen LogP contribution in [0.15, 0.2) is 48.6 Å². The highest BCUT2D eigenvalue weighted by Crippen LogP contribution is 2.23. The first-order chi connectivity index (χ1) is 11.5. The maximum absolute atomic E-state index is 10.1. The quantitative estimate of drug-likeness (QED) is 0.636. The first-order valence-electron chi connectivity index (χ1n) is 7.31. The molecule has 0 heterocycles. The summed E-state index contributed by atoms with van der Waals surface area (Å²) in [4.78, 5) is 20.0. The van der Waals surface area contributed by atoms with Gasteiger partial charge in [0.2, 0.25) is 0 Å². The van der Waals surface area contributed by atoms with E-state index in [-0.39, 0.29) is 13.2 Å². The Morgan fingerprint density at radius 1 is 0.760 bits per heavy atom. The summed E-state index contributed by atoms with van der Waals surface area (Å²) in [6.45, 7) is 3.67. The lowest BCUT2D eigenvalue weighted by atomic mass is 10.1. The topological polar surface area (TPSA) is 74.6 Å². The van der Waals surface area contributed by atoms with Gasteiger partial charge in [-0.3, -0.25) is 9.59 Å². The summed E-state index contributed by atoms with van der Waals surface area (Å²) >= 11 is 0. The van der Waals surface area contributed by atoms with Crippen molar-refractivity contribution >= 4 is 24.7 Å². The van der Waals surface area contributed by atoms with E-state index in [1.165, 1.54) is 12.2 Å². The van der Waals surface area contributed by atoms with Gasteiger partial charge in [0.1, 0.15) is 24.1 Å². The average Bonchev–Trinajstić information content (AvgIpc) is 2.58. The minimum Gasteiger partial charge on any atom is -0.508 e. The van der Waals surface area contributed by atoms with E-state index in [4.69, 9.17) is 5.11 Å². The van der Waals surface area contributed by atoms with Crippen molar-refractivity contribution in [2.24, 2.45) is 0 Å². The number of phenolic OH excluding ortho intramolecular Hbond substituents is 2. The van der Waals surface area contributed by atoms with Gasteiger partial charge in [-0.05, 0) is 72.5 Å². The predicted molar refractivity (Wildman–Crippen MR) is 103 cm³/mol. The molecule has 2 aromatic rings. The Hall–Kier alpha value is -3.14. The smallest absolute Gasteiger partial charge is 0.142 e. The molecule has 132 valence electrons. The summed E-state index contributed by atoms with van der Waals surface area (Å²) in [6, 6.07) is 10.3. The van der Waals surface area contributed by atoms with E-state index in [0.717, 1.165) is 28.5 Å². The van der Waals surface area contributed by atoms with E-state index in [9.17, 15) is 14.7 Å². The summed E-state index contributed by atoms with van der Waals surface area (Å²) in [6.07, 6.45) is 7.68. The van der Waals surface area contributed by atoms with Crippen molar-refractivity contribution in [1.82, 2.24) is 0 Å². The van der Waals surface area contributed by atoms with Crippen molar-refractivity contribution in [3.05, 3.63) is 70.8 Å². The van der Waals surface area contributed by atoms with E-state index >= 15 is 0 Å². The third kappa shape index (κ3) is 7.79. The van der Waals surface area contributed by atoms with Crippen LogP contribution in [0.2, 0.25) is 0 Å². The van der Waals surface area contributed by atoms with Gasteiger partial charge in [-0.15, -0.1) is 0 Å². The Balaban J connectivity index is 0.000000449. The van der Waals surface area contributed by atoms with Gasteiger partial charge in [-0.1, -0.05) is 31.7 Å². The van der Waals surface area contributed by atoms with Crippen molar-refractivity contribution in [3.63, 3.8) is 0 Å². The number of hydrogen-bond acceptors (Lipinski definition) is 4. The molecule has 0 atom stereocenters. The van der Waals surface area contributed by atoms with Gasteiger partial charge in [0, 0.05) is 0 Å². The Morgan fingerprint density at radius 3 is 1.64 bits per heavy atom. The molecule has 0 fully saturated rings. The number of allylic oxidation sites excluding steroid dienone is 2. The van der Waals surface area contributed by atoms with E-state index in [1.807, 2.05) is 26.0 Å². The van der Waals surface area contributed by atoms with Crippen molar-refractivity contribution in [2.75, 3.05) is 0 Å². The zero-order valence-corrected chi connectivity index (χ0v) is 13.6. The van der Waals surface area contributed by atoms with E-state index in [0.29, 0.717) is 12.0 Å². The number of phenols is 2. The molecular weight excluding hydrogens is 316 g/mol. The van der Waals surface area contributed by atoms with Crippen LogP contribution in [0.4, 0.5) is 0 Å². The van der Waals surface area contributed by atoms with Gasteiger partial charge in [-0.2, -0.15) is 0 Å². The van der Waals surface area contributed by atoms with Gasteiger partial charge < -0.3 is 10.2 Å². The molecule has 0 bridgehead atoms. The number of hydrogen-bond donors (Lipinski definition) is 2. The third-order valence-corrected chi connectivity index (χ3v) is 3.14. The fourth-order valence-electron chi connectivity index (χ4n) is 1.97. The maximum atomic E-state index is 10.1. The highest BCUT2D eigenvalue weighted by atomic mass is 16.3. The van der Waals surface area contributed by atoms with Crippen molar-refractivity contribution in [1.29, 1.82) is 0 Å². The Morgan fingerprint density at radius 2 is 1.20 bits per heavy atom. The zero-order valence-electron chi connectivity index (χ0n) is 13.6. The normalized spacial score (nSPS) is 10.0. The van der Waals surface area contributed by atoms with Gasteiger partial charge in [0.15, 0.2) is 0 Å². The molecule has 0 amide bonds. The second-order valence-electron chi connectivity index (χ2n) is 5.09. The Kier molecular flexibility index (Phi) is 9.97. The molecule has 2 aromatic carbocycles. The number of aldehydes is 2. The summed E-state index contributed by atoms with van der Waals surface area (Å²) in [5, 5.41) is 18.4. The molecule has 0 aliphatic rings. The molecule has 0 saturated carbocycles. The molecule has 0 radical (unpaired) electrons. The standard InChI is InChI=1S/C11H12O2.C9H8O2.CH4/c1-8-6-10(4-3-5-12)7-9(2)11(8)13;10-7-1-2-8-3-5-9(11)6-4-8;/h3-7,13H,1-2H3;1-7,11H;1H4/b4-3+;2-1+;. The number of benzene rings is 2. The molecule has 0 unspecified atom stereocenters. The van der Waals surface area contributed by atoms with Crippen LogP contribution in [0.25, 0.3) is 12.2 Å². The molecule has 0 aliphatic heterocycles. The monoisotopic (exact) mass is 340 g/mol. The molecular formula is C21H24O4. The number of aromatic hydroxyl groups is 2. The second-order valence-corrected chi connectivity index (χ2v) is 5.09. The highest BCUT2D eigenvalue weighted by molar-refractivity contribution is 5.74. The highest BCUT2D eigenvalue weighted by Gasteiger charge is 2.00. The minimum absolute atomic E-state index is 0. The summed E-state index contributed by atoms with van der Waals surface area (Å²) in [5.41, 5.74) is 3.48. The molecule has 0 saturated heterocycles. The van der Waals surface area contributed by atoms with E-state index in [1.54, 1.807) is 36.4 Å². The van der Waals surface area contributed by atoms with Crippen LogP contribution in [0.3, 0.4) is 0 Å². The molecule has 0 spiro atoms. The Labute approximate surface area is 148 Å². The molecule has 4 nitrogen and oxygen atoms in total. The van der Waals surface area contributed by atoms with Crippen LogP contribution in [-0.2, 0) is 9.59 Å². The number of aryl methyl sites for hydroxylation is 2. The maximum Gasteiger partial charge on any atom is 0.142 e. The van der Waals surface area contributed by atoms with Crippen molar-refractivity contribution in [3.8, 4) is 11.5 Å². The largest absolute Gasteiger partial charge is 0.508 e. The predicted octanol–water partition coefficient (Wildman–Crippen LogP) is 4.46. The number of carbonyl (C=O) groups is 2. The van der Waals surface area contributed by atoms with Gasteiger partial charge in [-0.25, -0.2) is 0 Å². The lowest BCUT2D eigenvalue weighted by Gasteiger charge is -2.04. The second kappa shape index (κ2) is 11.4. The summed E-state index contributed by atoms with van der Waals surface area (Å²) < 4.78 is 0. The van der Waals surface area contributed by atoms with Crippen LogP contribution in [0.1, 0.15) is 29.7 Å². The molecule has 2 N–H and O–H groups in total. The van der Waals surface area contributed by atoms with Gasteiger partial charge in [0.25, 0.3) is 0 Å². The molecule has 2 rings (SSSR count). The van der Waals surface area contributed by atoms with Gasteiger partial charge in [0.05, 0.1) is 0 Å². The summed E-state index contributed by atoms with van der Waals surface area (Å²) in [7, 11) is 0. The third-order valence-electron chi connectivity index (χ3n) is 3.14. The van der Waals surface area contributed by atoms with Crippen LogP contribution in [-0.4, -0.2) is 22.8 Å². The summed E-state index contributed by atoms with van der Waals surface area (Å²) in [5.74, 6) is 0.552. The number of carbonyl (C=O) groups excluding carboxylic acids is 2. The first kappa shape index (κ1) is 21.9. The zero-order chi connectivity index (χ0) is 17.9. The molecule has 0 aromatic heterocycles. The van der Waals surface area contributed by atoms with Crippen LogP contribution >= 0.6 is 0 Å². The van der Waals surface area contributed by atoms with Crippen LogP contribution in [0, 0.1) is 13.8 Å². The fraction of sp³-hybridized carbons (Fsp3) is 0.143. The Bertz CT molecular complexity index is 718. The molecule has 0 aliphatic carbocycles. The van der Waals surface area contributed by atoms with Crippen molar-refractivity contribution < 1.29 is 19.8 Å². The van der Waals surface area contributed by atoms with Crippen molar-refractivity contribution in [2.45, 2.75) is 21.3 Å². The lowest BCUT2D eigenvalue weighted by Crippen LogP contribution is -1.82. The van der Waals surface area contributed by atoms with E-state index in [2.05, 4.69) is 0 Å². The van der Waals surface area contributed by atoms with Gasteiger partial charge >= 0.3 is 0 Å². The minimum atomic E-state index is 0. The molecule has 4 heteroatoms. The van der Waals surface area contributed by atoms with E-state index < -0.39 is 0 Å². The van der Waals surface area contributed by atoms with Crippen LogP contribution in [0.5, 0.6) is 11.5 Å². The average molecular weight is 340 g/mol. The van der Waals surface area contributed by atoms with Crippen LogP contribution < -0.4 is 0 Å². The lowest BCUT2D eigenvalue weighted by molar-refractivity contribution is -0.104. The first-order valence-corrected chi connectivity index (χ1v) is 7.31. The molecule has 25 heavy (non-hydrogen) atoms.